The molecule has 6 nitrogen and oxygen atoms in total. The Hall–Kier alpha value is -3.15. The van der Waals surface area contributed by atoms with Crippen LogP contribution in [0.2, 0.25) is 0 Å². The molecule has 0 aromatic heterocycles. The SMILES string of the molecule is CC(=O)N1c2ccccc2C(=O)NC12C(=O)Nc1ccccc12. The topological polar surface area (TPSA) is 78.5 Å². The highest BCUT2D eigenvalue weighted by molar-refractivity contribution is 6.19. The van der Waals surface area contributed by atoms with Crippen LogP contribution in [-0.2, 0) is 15.3 Å². The zero-order chi connectivity index (χ0) is 16.2. The number of hydrogen-bond donors (Lipinski definition) is 2. The van der Waals surface area contributed by atoms with Gasteiger partial charge >= 0.3 is 0 Å². The molecule has 2 aliphatic rings. The van der Waals surface area contributed by atoms with Crippen molar-refractivity contribution < 1.29 is 14.4 Å². The van der Waals surface area contributed by atoms with Crippen LogP contribution in [0.1, 0.15) is 22.8 Å². The third kappa shape index (κ3) is 1.60. The lowest BCUT2D eigenvalue weighted by molar-refractivity contribution is -0.127. The lowest BCUT2D eigenvalue weighted by Gasteiger charge is -2.43. The molecule has 0 radical (unpaired) electrons. The van der Waals surface area contributed by atoms with Crippen LogP contribution in [0.15, 0.2) is 48.5 Å². The number of nitrogens with zero attached hydrogens (tertiary/aromatic N) is 1. The molecule has 2 aromatic carbocycles. The first-order chi connectivity index (χ1) is 11.1. The number of carbonyl (C=O) groups excluding carboxylic acids is 3. The molecule has 3 amide bonds. The summed E-state index contributed by atoms with van der Waals surface area (Å²) in [5.74, 6) is -1.16. The molecule has 2 heterocycles. The maximum atomic E-state index is 12.8. The van der Waals surface area contributed by atoms with Gasteiger partial charge in [-0.15, -0.1) is 0 Å². The average molecular weight is 307 g/mol. The second-order valence-corrected chi connectivity index (χ2v) is 5.54. The molecule has 1 unspecified atom stereocenters. The molecule has 4 rings (SSSR count). The van der Waals surface area contributed by atoms with E-state index in [0.717, 1.165) is 0 Å². The van der Waals surface area contributed by atoms with Crippen LogP contribution < -0.4 is 15.5 Å². The highest BCUT2D eigenvalue weighted by Crippen LogP contribution is 2.44. The Morgan fingerprint density at radius 2 is 1.74 bits per heavy atom. The van der Waals surface area contributed by atoms with Gasteiger partial charge in [-0.2, -0.15) is 0 Å². The predicted molar refractivity (Wildman–Crippen MR) is 83.8 cm³/mol. The van der Waals surface area contributed by atoms with Crippen molar-refractivity contribution >= 4 is 29.1 Å². The molecule has 114 valence electrons. The van der Waals surface area contributed by atoms with Crippen molar-refractivity contribution in [2.45, 2.75) is 12.6 Å². The Bertz CT molecular complexity index is 877. The number of rotatable bonds is 0. The molecule has 0 saturated carbocycles. The molecule has 0 saturated heterocycles. The van der Waals surface area contributed by atoms with Gasteiger partial charge in [0.2, 0.25) is 11.6 Å². The molecule has 2 aromatic rings. The summed E-state index contributed by atoms with van der Waals surface area (Å²) in [5.41, 5.74) is 0.390. The summed E-state index contributed by atoms with van der Waals surface area (Å²) in [6, 6.07) is 13.8. The number of amides is 3. The van der Waals surface area contributed by atoms with E-state index in [9.17, 15) is 14.4 Å². The Kier molecular flexibility index (Phi) is 2.60. The third-order valence-corrected chi connectivity index (χ3v) is 4.23. The maximum absolute atomic E-state index is 12.8. The number of para-hydroxylation sites is 2. The van der Waals surface area contributed by atoms with Gasteiger partial charge in [0.1, 0.15) is 0 Å². The van der Waals surface area contributed by atoms with Crippen LogP contribution in [0.4, 0.5) is 11.4 Å². The van der Waals surface area contributed by atoms with Crippen LogP contribution >= 0.6 is 0 Å². The van der Waals surface area contributed by atoms with Crippen LogP contribution in [0, 0.1) is 0 Å². The van der Waals surface area contributed by atoms with Crippen LogP contribution in [0.3, 0.4) is 0 Å². The van der Waals surface area contributed by atoms with Crippen molar-refractivity contribution in [1.29, 1.82) is 0 Å². The molecule has 0 fully saturated rings. The van der Waals surface area contributed by atoms with Gasteiger partial charge in [0.15, 0.2) is 0 Å². The molecule has 1 atom stereocenters. The fourth-order valence-electron chi connectivity index (χ4n) is 3.32. The van der Waals surface area contributed by atoms with Crippen molar-refractivity contribution in [2.75, 3.05) is 10.2 Å². The zero-order valence-electron chi connectivity index (χ0n) is 12.3. The first-order valence-electron chi connectivity index (χ1n) is 7.19. The van der Waals surface area contributed by atoms with Gasteiger partial charge < -0.3 is 10.6 Å². The summed E-state index contributed by atoms with van der Waals surface area (Å²) < 4.78 is 0. The van der Waals surface area contributed by atoms with Crippen molar-refractivity contribution in [2.24, 2.45) is 0 Å². The first kappa shape index (κ1) is 13.5. The predicted octanol–water partition coefficient (Wildman–Crippen LogP) is 1.59. The third-order valence-electron chi connectivity index (χ3n) is 4.23. The minimum absolute atomic E-state index is 0.329. The molecular formula is C17H13N3O3. The Labute approximate surface area is 132 Å². The molecule has 2 aliphatic heterocycles. The lowest BCUT2D eigenvalue weighted by atomic mass is 9.93. The quantitative estimate of drug-likeness (QED) is 0.776. The van der Waals surface area contributed by atoms with E-state index in [1.54, 1.807) is 48.5 Å². The second-order valence-electron chi connectivity index (χ2n) is 5.54. The van der Waals surface area contributed by atoms with E-state index in [0.29, 0.717) is 22.5 Å². The van der Waals surface area contributed by atoms with Crippen molar-refractivity contribution in [1.82, 2.24) is 5.32 Å². The molecule has 23 heavy (non-hydrogen) atoms. The van der Waals surface area contributed by atoms with Crippen LogP contribution in [0.5, 0.6) is 0 Å². The summed E-state index contributed by atoms with van der Waals surface area (Å²) in [6.45, 7) is 1.38. The van der Waals surface area contributed by atoms with Gasteiger partial charge in [0.05, 0.1) is 11.3 Å². The summed E-state index contributed by atoms with van der Waals surface area (Å²) in [7, 11) is 0. The smallest absolute Gasteiger partial charge is 0.276 e. The van der Waals surface area contributed by atoms with Gasteiger partial charge in [0.25, 0.3) is 11.8 Å². The van der Waals surface area contributed by atoms with E-state index in [1.807, 2.05) is 0 Å². The van der Waals surface area contributed by atoms with Crippen molar-refractivity contribution in [3.63, 3.8) is 0 Å². The number of hydrogen-bond acceptors (Lipinski definition) is 3. The normalized spacial score (nSPS) is 21.5. The van der Waals surface area contributed by atoms with E-state index in [4.69, 9.17) is 0 Å². The van der Waals surface area contributed by atoms with E-state index in [1.165, 1.54) is 11.8 Å². The van der Waals surface area contributed by atoms with Gasteiger partial charge in [-0.05, 0) is 18.2 Å². The second kappa shape index (κ2) is 4.42. The number of fused-ring (bicyclic) bond motifs is 3. The van der Waals surface area contributed by atoms with Crippen LogP contribution in [-0.4, -0.2) is 17.7 Å². The first-order valence-corrected chi connectivity index (χ1v) is 7.19. The van der Waals surface area contributed by atoms with Crippen LogP contribution in [0.25, 0.3) is 0 Å². The summed E-state index contributed by atoms with van der Waals surface area (Å²) >= 11 is 0. The van der Waals surface area contributed by atoms with E-state index < -0.39 is 11.6 Å². The minimum Gasteiger partial charge on any atom is -0.322 e. The van der Waals surface area contributed by atoms with E-state index in [2.05, 4.69) is 10.6 Å². The number of carbonyl (C=O) groups is 3. The van der Waals surface area contributed by atoms with Gasteiger partial charge in [-0.3, -0.25) is 19.3 Å². The zero-order valence-corrected chi connectivity index (χ0v) is 12.3. The number of anilines is 2. The molecule has 2 N–H and O–H groups in total. The summed E-state index contributed by atoms with van der Waals surface area (Å²) in [6.07, 6.45) is 0. The highest BCUT2D eigenvalue weighted by Gasteiger charge is 2.57. The van der Waals surface area contributed by atoms with Gasteiger partial charge in [-0.25, -0.2) is 0 Å². The largest absolute Gasteiger partial charge is 0.322 e. The fourth-order valence-corrected chi connectivity index (χ4v) is 3.32. The molecule has 0 bridgehead atoms. The summed E-state index contributed by atoms with van der Waals surface area (Å²) in [4.78, 5) is 39.0. The Morgan fingerprint density at radius 1 is 1.04 bits per heavy atom. The summed E-state index contributed by atoms with van der Waals surface area (Å²) in [5, 5.41) is 5.49. The molecule has 1 spiro atoms. The highest BCUT2D eigenvalue weighted by atomic mass is 16.2. The lowest BCUT2D eigenvalue weighted by Crippen LogP contribution is -2.66. The molecule has 0 aliphatic carbocycles. The van der Waals surface area contributed by atoms with E-state index >= 15 is 0 Å². The van der Waals surface area contributed by atoms with Crippen molar-refractivity contribution in [3.05, 3.63) is 59.7 Å². The van der Waals surface area contributed by atoms with E-state index in [-0.39, 0.29) is 11.8 Å². The molecule has 6 heteroatoms. The number of benzene rings is 2. The van der Waals surface area contributed by atoms with Gasteiger partial charge in [-0.1, -0.05) is 30.3 Å². The monoisotopic (exact) mass is 307 g/mol. The van der Waals surface area contributed by atoms with Crippen molar-refractivity contribution in [3.8, 4) is 0 Å². The Morgan fingerprint density at radius 3 is 2.52 bits per heavy atom. The average Bonchev–Trinajstić information content (AvgIpc) is 2.80. The van der Waals surface area contributed by atoms with Gasteiger partial charge in [0, 0.05) is 18.2 Å². The minimum atomic E-state index is -1.55. The fraction of sp³-hybridized carbons (Fsp3) is 0.118. The number of nitrogens with one attached hydrogen (secondary N) is 2. The standard InChI is InChI=1S/C17H13N3O3/c1-10(21)20-14-9-5-2-6-11(14)15(22)19-17(20)12-7-3-4-8-13(12)18-16(17)23/h2-9H,1H3,(H,18,23)(H,19,22). The maximum Gasteiger partial charge on any atom is 0.276 e. The Balaban J connectivity index is 2.05. The molecular weight excluding hydrogens is 294 g/mol.